The number of halogens is 1. The number of rotatable bonds is 5. The summed E-state index contributed by atoms with van der Waals surface area (Å²) < 4.78 is 3.40. The molecule has 3 aromatic rings. The Morgan fingerprint density at radius 2 is 1.79 bits per heavy atom. The minimum Gasteiger partial charge on any atom is -0.357 e. The molecule has 8 heteroatoms. The first-order valence-electron chi connectivity index (χ1n) is 9.60. The van der Waals surface area contributed by atoms with Crippen LogP contribution >= 0.6 is 15.9 Å². The molecule has 7 nitrogen and oxygen atoms in total. The van der Waals surface area contributed by atoms with E-state index in [-0.39, 0.29) is 12.1 Å². The van der Waals surface area contributed by atoms with Gasteiger partial charge in [-0.25, -0.2) is 9.78 Å². The largest absolute Gasteiger partial charge is 0.357 e. The third-order valence-electron chi connectivity index (χ3n) is 5.33. The number of pyridine rings is 1. The van der Waals surface area contributed by atoms with E-state index in [1.165, 1.54) is 11.6 Å². The zero-order valence-corrected chi connectivity index (χ0v) is 19.0. The van der Waals surface area contributed by atoms with E-state index >= 15 is 0 Å². The lowest BCUT2D eigenvalue weighted by atomic mass is 9.95. The van der Waals surface area contributed by atoms with E-state index in [0.717, 1.165) is 44.4 Å². The van der Waals surface area contributed by atoms with Crippen LogP contribution in [0.3, 0.4) is 0 Å². The number of aryl methyl sites for hydroxylation is 2. The maximum absolute atomic E-state index is 13.2. The Labute approximate surface area is 177 Å². The van der Waals surface area contributed by atoms with Crippen LogP contribution < -0.4 is 21.9 Å². The number of anilines is 1. The minimum atomic E-state index is -0.407. The summed E-state index contributed by atoms with van der Waals surface area (Å²) in [7, 11) is 3.12. The molecule has 0 unspecified atom stereocenters. The lowest BCUT2D eigenvalue weighted by Gasteiger charge is -2.26. The summed E-state index contributed by atoms with van der Waals surface area (Å²) in [6, 6.07) is 5.98. The molecule has 0 aliphatic rings. The summed E-state index contributed by atoms with van der Waals surface area (Å²) in [5.74, 6) is 0.705. The van der Waals surface area contributed by atoms with Crippen molar-refractivity contribution >= 4 is 32.8 Å². The molecular weight excluding hydrogens is 434 g/mol. The van der Waals surface area contributed by atoms with Gasteiger partial charge in [0.05, 0.1) is 5.39 Å². The van der Waals surface area contributed by atoms with Crippen LogP contribution in [0.4, 0.5) is 5.82 Å². The summed E-state index contributed by atoms with van der Waals surface area (Å²) in [5.41, 5.74) is 9.23. The standard InChI is InChI=1S/C21H26BrN5O2/c1-6-27(7-2)18-14(11-23)16(13-10-12(3)8-9-15(13)22)17-19(24-18)25(4)21(29)26(5)20(17)28/h8-10H,6-7,11,23H2,1-5H3. The fourth-order valence-electron chi connectivity index (χ4n) is 3.72. The maximum Gasteiger partial charge on any atom is 0.332 e. The molecule has 0 amide bonds. The minimum absolute atomic E-state index is 0.219. The molecule has 2 aromatic heterocycles. The Balaban J connectivity index is 2.68. The highest BCUT2D eigenvalue weighted by Crippen LogP contribution is 2.38. The third-order valence-corrected chi connectivity index (χ3v) is 6.02. The molecule has 0 radical (unpaired) electrons. The second-order valence-corrected chi connectivity index (χ2v) is 7.91. The predicted molar refractivity (Wildman–Crippen MR) is 122 cm³/mol. The molecule has 0 aliphatic carbocycles. The first-order chi connectivity index (χ1) is 13.8. The monoisotopic (exact) mass is 459 g/mol. The third kappa shape index (κ3) is 3.40. The van der Waals surface area contributed by atoms with Crippen molar-refractivity contribution < 1.29 is 0 Å². The second-order valence-electron chi connectivity index (χ2n) is 7.05. The fraction of sp³-hybridized carbons (Fsp3) is 0.381. The number of fused-ring (bicyclic) bond motifs is 1. The Morgan fingerprint density at radius 1 is 1.14 bits per heavy atom. The summed E-state index contributed by atoms with van der Waals surface area (Å²) in [5, 5.41) is 0.400. The molecule has 0 saturated carbocycles. The predicted octanol–water partition coefficient (Wildman–Crippen LogP) is 2.68. The van der Waals surface area contributed by atoms with Crippen LogP contribution in [-0.2, 0) is 20.6 Å². The Kier molecular flexibility index (Phi) is 5.95. The van der Waals surface area contributed by atoms with Gasteiger partial charge < -0.3 is 10.6 Å². The highest BCUT2D eigenvalue weighted by atomic mass is 79.9. The van der Waals surface area contributed by atoms with Crippen molar-refractivity contribution in [3.05, 3.63) is 54.6 Å². The average Bonchev–Trinajstić information content (AvgIpc) is 2.72. The quantitative estimate of drug-likeness (QED) is 0.633. The molecule has 0 bridgehead atoms. The molecule has 2 heterocycles. The van der Waals surface area contributed by atoms with Gasteiger partial charge in [0.25, 0.3) is 5.56 Å². The molecule has 3 rings (SSSR count). The highest BCUT2D eigenvalue weighted by molar-refractivity contribution is 9.10. The average molecular weight is 460 g/mol. The normalized spacial score (nSPS) is 11.3. The van der Waals surface area contributed by atoms with Crippen molar-refractivity contribution in [2.75, 3.05) is 18.0 Å². The highest BCUT2D eigenvalue weighted by Gasteiger charge is 2.24. The van der Waals surface area contributed by atoms with Gasteiger partial charge in [0, 0.05) is 49.3 Å². The molecule has 0 fully saturated rings. The van der Waals surface area contributed by atoms with Crippen LogP contribution in [-0.4, -0.2) is 27.2 Å². The van der Waals surface area contributed by atoms with Gasteiger partial charge >= 0.3 is 5.69 Å². The smallest absolute Gasteiger partial charge is 0.332 e. The summed E-state index contributed by atoms with van der Waals surface area (Å²) >= 11 is 3.64. The zero-order valence-electron chi connectivity index (χ0n) is 17.4. The molecular formula is C21H26BrN5O2. The lowest BCUT2D eigenvalue weighted by Crippen LogP contribution is -2.38. The molecule has 29 heavy (non-hydrogen) atoms. The molecule has 154 valence electrons. The van der Waals surface area contributed by atoms with Gasteiger partial charge in [-0.05, 0) is 32.4 Å². The maximum atomic E-state index is 13.2. The van der Waals surface area contributed by atoms with Crippen LogP contribution in [0, 0.1) is 6.92 Å². The molecule has 1 aromatic carbocycles. The Bertz CT molecular complexity index is 1210. The number of aromatic nitrogens is 3. The van der Waals surface area contributed by atoms with E-state index in [4.69, 9.17) is 10.7 Å². The molecule has 0 aliphatic heterocycles. The van der Waals surface area contributed by atoms with E-state index in [1.54, 1.807) is 7.05 Å². The fourth-order valence-corrected chi connectivity index (χ4v) is 4.16. The van der Waals surface area contributed by atoms with Crippen LogP contribution in [0.5, 0.6) is 0 Å². The van der Waals surface area contributed by atoms with Gasteiger partial charge in [-0.1, -0.05) is 33.6 Å². The van der Waals surface area contributed by atoms with Gasteiger partial charge in [-0.15, -0.1) is 0 Å². The van der Waals surface area contributed by atoms with Crippen molar-refractivity contribution in [3.63, 3.8) is 0 Å². The number of nitrogens with zero attached hydrogens (tertiary/aromatic N) is 4. The number of hydrogen-bond acceptors (Lipinski definition) is 5. The van der Waals surface area contributed by atoms with Crippen LogP contribution in [0.15, 0.2) is 32.3 Å². The molecule has 0 spiro atoms. The van der Waals surface area contributed by atoms with Crippen molar-refractivity contribution in [3.8, 4) is 11.1 Å². The van der Waals surface area contributed by atoms with Crippen molar-refractivity contribution in [2.45, 2.75) is 27.3 Å². The Hall–Kier alpha value is -2.45. The second kappa shape index (κ2) is 8.12. The molecule has 2 N–H and O–H groups in total. The van der Waals surface area contributed by atoms with Gasteiger partial charge in [0.1, 0.15) is 5.82 Å². The summed E-state index contributed by atoms with van der Waals surface area (Å²) in [6.45, 7) is 7.77. The number of hydrogen-bond donors (Lipinski definition) is 1. The van der Waals surface area contributed by atoms with Crippen molar-refractivity contribution in [1.29, 1.82) is 0 Å². The number of benzene rings is 1. The van der Waals surface area contributed by atoms with Gasteiger partial charge in [-0.3, -0.25) is 13.9 Å². The molecule has 0 atom stereocenters. The van der Waals surface area contributed by atoms with Gasteiger partial charge in [0.2, 0.25) is 0 Å². The van der Waals surface area contributed by atoms with Crippen molar-refractivity contribution in [1.82, 2.24) is 14.1 Å². The first kappa shape index (κ1) is 21.3. The molecule has 0 saturated heterocycles. The van der Waals surface area contributed by atoms with Crippen LogP contribution in [0.2, 0.25) is 0 Å². The number of nitrogens with two attached hydrogens (primary N) is 1. The van der Waals surface area contributed by atoms with E-state index in [9.17, 15) is 9.59 Å². The Morgan fingerprint density at radius 3 is 2.38 bits per heavy atom. The first-order valence-corrected chi connectivity index (χ1v) is 10.4. The van der Waals surface area contributed by atoms with E-state index in [1.807, 2.05) is 39.0 Å². The van der Waals surface area contributed by atoms with Crippen LogP contribution in [0.1, 0.15) is 25.0 Å². The summed E-state index contributed by atoms with van der Waals surface area (Å²) in [6.07, 6.45) is 0. The van der Waals surface area contributed by atoms with Crippen molar-refractivity contribution in [2.24, 2.45) is 19.8 Å². The SMILES string of the molecule is CCN(CC)c1nc2c(c(-c3cc(C)ccc3Br)c1CN)c(=O)n(C)c(=O)n2C. The van der Waals surface area contributed by atoms with E-state index in [2.05, 4.69) is 20.8 Å². The van der Waals surface area contributed by atoms with E-state index < -0.39 is 5.69 Å². The van der Waals surface area contributed by atoms with Gasteiger partial charge in [-0.2, -0.15) is 0 Å². The van der Waals surface area contributed by atoms with Gasteiger partial charge in [0.15, 0.2) is 5.65 Å². The van der Waals surface area contributed by atoms with Crippen LogP contribution in [0.25, 0.3) is 22.2 Å². The lowest BCUT2D eigenvalue weighted by molar-refractivity contribution is 0.705. The topological polar surface area (TPSA) is 86.2 Å². The van der Waals surface area contributed by atoms with E-state index in [0.29, 0.717) is 16.9 Å². The summed E-state index contributed by atoms with van der Waals surface area (Å²) in [4.78, 5) is 32.7. The zero-order chi connectivity index (χ0) is 21.5.